The zero-order chi connectivity index (χ0) is 24.4. The highest BCUT2D eigenvalue weighted by Gasteiger charge is 2.40. The number of aliphatic carboxylic acids is 1. The zero-order valence-corrected chi connectivity index (χ0v) is 19.8. The van der Waals surface area contributed by atoms with E-state index >= 15 is 0 Å². The van der Waals surface area contributed by atoms with Crippen LogP contribution in [-0.4, -0.2) is 71.0 Å². The third-order valence-corrected chi connectivity index (χ3v) is 6.15. The number of carboxylic acid groups (broad SMARTS) is 1. The molecular formula is C22H41N5O5. The second-order valence-corrected chi connectivity index (χ2v) is 9.02. The first-order chi connectivity index (χ1) is 15.0. The summed E-state index contributed by atoms with van der Waals surface area (Å²) in [5, 5.41) is 14.9. The number of unbranched alkanes of at least 4 members (excludes halogenated alkanes) is 1. The first kappa shape index (κ1) is 27.8. The van der Waals surface area contributed by atoms with E-state index < -0.39 is 47.9 Å². The predicted octanol–water partition coefficient (Wildman–Crippen LogP) is 0.190. The van der Waals surface area contributed by atoms with Crippen molar-refractivity contribution in [2.24, 2.45) is 23.3 Å². The number of likely N-dealkylation sites (tertiary alicyclic amines) is 1. The van der Waals surface area contributed by atoms with E-state index in [1.807, 2.05) is 13.8 Å². The van der Waals surface area contributed by atoms with Gasteiger partial charge in [0, 0.05) is 6.54 Å². The first-order valence-electron chi connectivity index (χ1n) is 11.6. The Labute approximate surface area is 190 Å². The molecule has 0 bridgehead atoms. The summed E-state index contributed by atoms with van der Waals surface area (Å²) in [6, 6.07) is -3.36. The van der Waals surface area contributed by atoms with E-state index in [1.165, 1.54) is 4.90 Å². The van der Waals surface area contributed by atoms with Gasteiger partial charge in [0.25, 0.3) is 0 Å². The number of carbonyl (C=O) groups excluding carboxylic acids is 3. The van der Waals surface area contributed by atoms with E-state index in [0.29, 0.717) is 38.8 Å². The molecule has 0 saturated carbocycles. The Morgan fingerprint density at radius 1 is 1.06 bits per heavy atom. The molecule has 10 nitrogen and oxygen atoms in total. The summed E-state index contributed by atoms with van der Waals surface area (Å²) in [5.41, 5.74) is 11.4. The molecule has 5 unspecified atom stereocenters. The molecule has 10 heteroatoms. The van der Waals surface area contributed by atoms with Crippen LogP contribution >= 0.6 is 0 Å². The molecule has 0 aromatic carbocycles. The molecule has 1 rings (SSSR count). The van der Waals surface area contributed by atoms with Crippen LogP contribution in [0.5, 0.6) is 0 Å². The number of nitrogens with two attached hydrogens (primary N) is 2. The minimum Gasteiger partial charge on any atom is -0.480 e. The molecule has 1 heterocycles. The number of hydrogen-bond donors (Lipinski definition) is 5. The Morgan fingerprint density at radius 3 is 2.22 bits per heavy atom. The highest BCUT2D eigenvalue weighted by molar-refractivity contribution is 5.94. The number of carboxylic acids is 1. The van der Waals surface area contributed by atoms with E-state index in [9.17, 15) is 24.3 Å². The summed E-state index contributed by atoms with van der Waals surface area (Å²) in [5.74, 6) is -2.78. The molecular weight excluding hydrogens is 414 g/mol. The Hall–Kier alpha value is -2.20. The van der Waals surface area contributed by atoms with Gasteiger partial charge in [-0.3, -0.25) is 14.4 Å². The maximum absolute atomic E-state index is 13.2. The van der Waals surface area contributed by atoms with Crippen LogP contribution in [0, 0.1) is 11.8 Å². The highest BCUT2D eigenvalue weighted by Crippen LogP contribution is 2.21. The van der Waals surface area contributed by atoms with Crippen LogP contribution in [0.1, 0.15) is 66.2 Å². The summed E-state index contributed by atoms with van der Waals surface area (Å²) in [4.78, 5) is 51.7. The number of rotatable bonds is 13. The Morgan fingerprint density at radius 2 is 1.69 bits per heavy atom. The van der Waals surface area contributed by atoms with E-state index in [4.69, 9.17) is 11.5 Å². The molecule has 5 atom stereocenters. The van der Waals surface area contributed by atoms with Gasteiger partial charge >= 0.3 is 5.97 Å². The largest absolute Gasteiger partial charge is 0.480 e. The topological polar surface area (TPSA) is 168 Å². The van der Waals surface area contributed by atoms with Crippen LogP contribution < -0.4 is 22.1 Å². The van der Waals surface area contributed by atoms with Gasteiger partial charge in [-0.25, -0.2) is 4.79 Å². The number of nitrogens with zero attached hydrogens (tertiary/aromatic N) is 1. The van der Waals surface area contributed by atoms with Gasteiger partial charge in [-0.2, -0.15) is 0 Å². The lowest BCUT2D eigenvalue weighted by Crippen LogP contribution is -2.59. The van der Waals surface area contributed by atoms with Crippen LogP contribution in [0.4, 0.5) is 0 Å². The molecule has 1 aliphatic rings. The van der Waals surface area contributed by atoms with Crippen LogP contribution in [0.15, 0.2) is 0 Å². The van der Waals surface area contributed by atoms with Crippen LogP contribution in [0.3, 0.4) is 0 Å². The average Bonchev–Trinajstić information content (AvgIpc) is 3.24. The van der Waals surface area contributed by atoms with Gasteiger partial charge in [0.05, 0.1) is 6.04 Å². The van der Waals surface area contributed by atoms with Gasteiger partial charge in [0.15, 0.2) is 0 Å². The van der Waals surface area contributed by atoms with Gasteiger partial charge < -0.3 is 32.1 Å². The fourth-order valence-electron chi connectivity index (χ4n) is 3.83. The fourth-order valence-corrected chi connectivity index (χ4v) is 3.83. The Balaban J connectivity index is 2.92. The molecule has 1 fully saturated rings. The van der Waals surface area contributed by atoms with Crippen molar-refractivity contribution in [3.8, 4) is 0 Å². The van der Waals surface area contributed by atoms with Crippen molar-refractivity contribution in [3.63, 3.8) is 0 Å². The average molecular weight is 456 g/mol. The molecule has 32 heavy (non-hydrogen) atoms. The van der Waals surface area contributed by atoms with Crippen LogP contribution in [-0.2, 0) is 19.2 Å². The summed E-state index contributed by atoms with van der Waals surface area (Å²) in [7, 11) is 0. The summed E-state index contributed by atoms with van der Waals surface area (Å²) in [6.45, 7) is 8.20. The SMILES string of the molecule is CCC(C)C(NC(=O)C(NC(=O)C(N)CCCCN)C(C)C)C(=O)N1CCCC1C(=O)O. The van der Waals surface area contributed by atoms with Crippen LogP contribution in [0.25, 0.3) is 0 Å². The standard InChI is InChI=1S/C22H41N5O5/c1-5-14(4)18(21(30)27-12-8-10-16(27)22(31)32)26-20(29)17(13(2)3)25-19(28)15(24)9-6-7-11-23/h13-18H,5-12,23-24H2,1-4H3,(H,25,28)(H,26,29)(H,31,32). The third kappa shape index (κ3) is 7.74. The molecule has 1 saturated heterocycles. The lowest BCUT2D eigenvalue weighted by atomic mass is 9.95. The minimum atomic E-state index is -1.04. The maximum Gasteiger partial charge on any atom is 0.326 e. The molecule has 0 aromatic heterocycles. The van der Waals surface area contributed by atoms with Gasteiger partial charge in [-0.15, -0.1) is 0 Å². The van der Waals surface area contributed by atoms with E-state index in [2.05, 4.69) is 10.6 Å². The normalized spacial score (nSPS) is 19.8. The van der Waals surface area contributed by atoms with Crippen molar-refractivity contribution in [1.82, 2.24) is 15.5 Å². The molecule has 0 aromatic rings. The van der Waals surface area contributed by atoms with Crippen molar-refractivity contribution >= 4 is 23.7 Å². The van der Waals surface area contributed by atoms with Gasteiger partial charge in [-0.05, 0) is 44.1 Å². The fraction of sp³-hybridized carbons (Fsp3) is 0.818. The lowest BCUT2D eigenvalue weighted by Gasteiger charge is -2.32. The molecule has 184 valence electrons. The van der Waals surface area contributed by atoms with Crippen LogP contribution in [0.2, 0.25) is 0 Å². The number of nitrogens with one attached hydrogen (secondary N) is 2. The number of carbonyl (C=O) groups is 4. The van der Waals surface area contributed by atoms with Gasteiger partial charge in [0.1, 0.15) is 18.1 Å². The van der Waals surface area contributed by atoms with Crippen molar-refractivity contribution in [2.75, 3.05) is 13.1 Å². The van der Waals surface area contributed by atoms with Crippen molar-refractivity contribution in [3.05, 3.63) is 0 Å². The first-order valence-corrected chi connectivity index (χ1v) is 11.6. The predicted molar refractivity (Wildman–Crippen MR) is 121 cm³/mol. The molecule has 0 radical (unpaired) electrons. The van der Waals surface area contributed by atoms with E-state index in [-0.39, 0.29) is 11.8 Å². The van der Waals surface area contributed by atoms with Crippen molar-refractivity contribution in [2.45, 2.75) is 90.4 Å². The third-order valence-electron chi connectivity index (χ3n) is 6.15. The van der Waals surface area contributed by atoms with E-state index in [1.54, 1.807) is 13.8 Å². The van der Waals surface area contributed by atoms with Gasteiger partial charge in [0.2, 0.25) is 17.7 Å². The molecule has 3 amide bonds. The summed E-state index contributed by atoms with van der Waals surface area (Å²) in [6.07, 6.45) is 3.57. The Bertz CT molecular complexity index is 657. The smallest absolute Gasteiger partial charge is 0.326 e. The second-order valence-electron chi connectivity index (χ2n) is 9.02. The molecule has 0 spiro atoms. The molecule has 1 aliphatic heterocycles. The monoisotopic (exact) mass is 455 g/mol. The molecule has 0 aliphatic carbocycles. The summed E-state index contributed by atoms with van der Waals surface area (Å²) >= 11 is 0. The maximum atomic E-state index is 13.2. The summed E-state index contributed by atoms with van der Waals surface area (Å²) < 4.78 is 0. The zero-order valence-electron chi connectivity index (χ0n) is 19.8. The van der Waals surface area contributed by atoms with E-state index in [0.717, 1.165) is 12.8 Å². The minimum absolute atomic E-state index is 0.205. The lowest BCUT2D eigenvalue weighted by molar-refractivity contribution is -0.150. The highest BCUT2D eigenvalue weighted by atomic mass is 16.4. The quantitative estimate of drug-likeness (QED) is 0.247. The van der Waals surface area contributed by atoms with Gasteiger partial charge in [-0.1, -0.05) is 40.5 Å². The number of amides is 3. The number of hydrogen-bond acceptors (Lipinski definition) is 6. The molecule has 7 N–H and O–H groups in total. The second kappa shape index (κ2) is 13.4. The Kier molecular flexibility index (Phi) is 11.6. The van der Waals surface area contributed by atoms with Crippen molar-refractivity contribution < 1.29 is 24.3 Å². The van der Waals surface area contributed by atoms with Crippen molar-refractivity contribution in [1.29, 1.82) is 0 Å².